The van der Waals surface area contributed by atoms with Crippen LogP contribution < -0.4 is 4.90 Å². The molecule has 2 heterocycles. The summed E-state index contributed by atoms with van der Waals surface area (Å²) in [5, 5.41) is 0.825. The number of amides is 1. The molecule has 0 radical (unpaired) electrons. The van der Waals surface area contributed by atoms with E-state index in [1.807, 2.05) is 4.90 Å². The second kappa shape index (κ2) is 12.0. The standard InChI is InChI=1S/C26H33N3O2S2/c1-3-21-7-10-23-24(19-21)33-26(27-23)29(13-4-12-28-14-16-31-17-15-28)25(30)11-18-32-22-8-5-20(2)6-9-22/h5-10,19H,3-4,11-18H2,1-2H3. The number of anilines is 1. The maximum atomic E-state index is 13.3. The van der Waals surface area contributed by atoms with Gasteiger partial charge >= 0.3 is 0 Å². The van der Waals surface area contributed by atoms with Gasteiger partial charge in [-0.25, -0.2) is 4.98 Å². The predicted octanol–water partition coefficient (Wildman–Crippen LogP) is 5.40. The van der Waals surface area contributed by atoms with Crippen LogP contribution in [0.4, 0.5) is 5.13 Å². The van der Waals surface area contributed by atoms with Crippen molar-refractivity contribution in [1.29, 1.82) is 0 Å². The van der Waals surface area contributed by atoms with Crippen LogP contribution in [-0.4, -0.2) is 60.9 Å². The van der Waals surface area contributed by atoms with Gasteiger partial charge in [-0.15, -0.1) is 11.8 Å². The zero-order valence-electron chi connectivity index (χ0n) is 19.6. The highest BCUT2D eigenvalue weighted by atomic mass is 32.2. The van der Waals surface area contributed by atoms with Crippen LogP contribution in [0.25, 0.3) is 10.2 Å². The number of ether oxygens (including phenoxy) is 1. The molecule has 1 aliphatic rings. The van der Waals surface area contributed by atoms with Gasteiger partial charge in [-0.05, 0) is 49.6 Å². The molecule has 2 aromatic carbocycles. The van der Waals surface area contributed by atoms with E-state index >= 15 is 0 Å². The summed E-state index contributed by atoms with van der Waals surface area (Å²) in [5.74, 6) is 0.929. The predicted molar refractivity (Wildman–Crippen MR) is 140 cm³/mol. The molecule has 0 unspecified atom stereocenters. The van der Waals surface area contributed by atoms with Crippen LogP contribution in [0.5, 0.6) is 0 Å². The summed E-state index contributed by atoms with van der Waals surface area (Å²) < 4.78 is 6.61. The first-order valence-corrected chi connectivity index (χ1v) is 13.6. The van der Waals surface area contributed by atoms with Gasteiger partial charge in [0.25, 0.3) is 0 Å². The normalized spacial score (nSPS) is 14.6. The number of aromatic nitrogens is 1. The number of hydrogen-bond acceptors (Lipinski definition) is 6. The Bertz CT molecular complexity index is 1050. The van der Waals surface area contributed by atoms with Gasteiger partial charge in [-0.3, -0.25) is 14.6 Å². The van der Waals surface area contributed by atoms with E-state index in [2.05, 4.69) is 61.2 Å². The van der Waals surface area contributed by atoms with E-state index in [-0.39, 0.29) is 5.91 Å². The molecule has 33 heavy (non-hydrogen) atoms. The minimum Gasteiger partial charge on any atom is -0.379 e. The molecule has 0 aliphatic carbocycles. The van der Waals surface area contributed by atoms with Gasteiger partial charge in [0.05, 0.1) is 23.4 Å². The van der Waals surface area contributed by atoms with Gasteiger partial charge in [0.2, 0.25) is 5.91 Å². The monoisotopic (exact) mass is 483 g/mol. The molecule has 0 atom stereocenters. The molecule has 4 rings (SSSR count). The molecule has 0 bridgehead atoms. The Hall–Kier alpha value is -1.93. The van der Waals surface area contributed by atoms with Gasteiger partial charge in [0.1, 0.15) is 0 Å². The van der Waals surface area contributed by atoms with Crippen molar-refractivity contribution in [1.82, 2.24) is 9.88 Å². The fourth-order valence-electron chi connectivity index (χ4n) is 3.92. The summed E-state index contributed by atoms with van der Waals surface area (Å²) in [6, 6.07) is 14.9. The Morgan fingerprint density at radius 2 is 1.97 bits per heavy atom. The molecule has 1 amide bonds. The van der Waals surface area contributed by atoms with Gasteiger partial charge in [-0.2, -0.15) is 0 Å². The molecule has 1 aromatic heterocycles. The molecule has 3 aromatic rings. The molecule has 1 aliphatic heterocycles. The molecular formula is C26H33N3O2S2. The number of fused-ring (bicyclic) bond motifs is 1. The van der Waals surface area contributed by atoms with Gasteiger partial charge in [0, 0.05) is 43.2 Å². The van der Waals surface area contributed by atoms with E-state index in [9.17, 15) is 4.79 Å². The van der Waals surface area contributed by atoms with Crippen LogP contribution in [0, 0.1) is 6.92 Å². The van der Waals surface area contributed by atoms with E-state index in [1.165, 1.54) is 16.0 Å². The summed E-state index contributed by atoms with van der Waals surface area (Å²) in [7, 11) is 0. The maximum absolute atomic E-state index is 13.3. The molecule has 0 saturated carbocycles. The topological polar surface area (TPSA) is 45.7 Å². The number of morpholine rings is 1. The summed E-state index contributed by atoms with van der Waals surface area (Å²) in [4.78, 5) is 23.7. The minimum atomic E-state index is 0.159. The first-order valence-electron chi connectivity index (χ1n) is 11.8. The molecule has 0 N–H and O–H groups in total. The summed E-state index contributed by atoms with van der Waals surface area (Å²) in [5.41, 5.74) is 3.54. The average molecular weight is 484 g/mol. The van der Waals surface area contributed by atoms with Crippen LogP contribution in [0.2, 0.25) is 0 Å². The van der Waals surface area contributed by atoms with Crippen LogP contribution in [0.15, 0.2) is 47.4 Å². The molecular weight excluding hydrogens is 450 g/mol. The molecule has 7 heteroatoms. The van der Waals surface area contributed by atoms with E-state index in [0.717, 1.165) is 66.8 Å². The van der Waals surface area contributed by atoms with E-state index in [1.54, 1.807) is 23.1 Å². The number of aryl methyl sites for hydroxylation is 2. The van der Waals surface area contributed by atoms with Crippen molar-refractivity contribution >= 4 is 44.4 Å². The number of thiazole rings is 1. The molecule has 0 spiro atoms. The van der Waals surface area contributed by atoms with E-state index in [4.69, 9.17) is 9.72 Å². The smallest absolute Gasteiger partial charge is 0.229 e. The number of nitrogens with zero attached hydrogens (tertiary/aromatic N) is 3. The van der Waals surface area contributed by atoms with Crippen molar-refractivity contribution in [2.24, 2.45) is 0 Å². The molecule has 5 nitrogen and oxygen atoms in total. The first kappa shape index (κ1) is 24.2. The summed E-state index contributed by atoms with van der Waals surface area (Å²) in [6.45, 7) is 9.49. The Morgan fingerprint density at radius 3 is 2.73 bits per heavy atom. The van der Waals surface area contributed by atoms with Crippen molar-refractivity contribution < 1.29 is 9.53 Å². The zero-order valence-corrected chi connectivity index (χ0v) is 21.2. The quantitative estimate of drug-likeness (QED) is 0.361. The van der Waals surface area contributed by atoms with Crippen LogP contribution in [-0.2, 0) is 16.0 Å². The number of thioether (sulfide) groups is 1. The molecule has 1 fully saturated rings. The van der Waals surface area contributed by atoms with Gasteiger partial charge in [-0.1, -0.05) is 42.0 Å². The summed E-state index contributed by atoms with van der Waals surface area (Å²) >= 11 is 3.37. The van der Waals surface area contributed by atoms with Crippen LogP contribution in [0.3, 0.4) is 0 Å². The van der Waals surface area contributed by atoms with Crippen molar-refractivity contribution in [2.45, 2.75) is 38.0 Å². The fraction of sp³-hybridized carbons (Fsp3) is 0.462. The zero-order chi connectivity index (χ0) is 23.0. The van der Waals surface area contributed by atoms with Crippen molar-refractivity contribution in [3.8, 4) is 0 Å². The lowest BCUT2D eigenvalue weighted by Crippen LogP contribution is -2.39. The lowest BCUT2D eigenvalue weighted by molar-refractivity contribution is -0.118. The maximum Gasteiger partial charge on any atom is 0.229 e. The molecule has 176 valence electrons. The van der Waals surface area contributed by atoms with Crippen LogP contribution >= 0.6 is 23.1 Å². The third-order valence-electron chi connectivity index (χ3n) is 5.95. The highest BCUT2D eigenvalue weighted by Crippen LogP contribution is 2.31. The van der Waals surface area contributed by atoms with Crippen molar-refractivity contribution in [2.75, 3.05) is 50.0 Å². The third kappa shape index (κ3) is 6.79. The largest absolute Gasteiger partial charge is 0.379 e. The van der Waals surface area contributed by atoms with Gasteiger partial charge in [0.15, 0.2) is 5.13 Å². The van der Waals surface area contributed by atoms with E-state index in [0.29, 0.717) is 13.0 Å². The van der Waals surface area contributed by atoms with Gasteiger partial charge < -0.3 is 4.74 Å². The lowest BCUT2D eigenvalue weighted by atomic mass is 10.2. The summed E-state index contributed by atoms with van der Waals surface area (Å²) in [6.07, 6.45) is 2.45. The Labute approximate surface area is 205 Å². The fourth-order valence-corrected chi connectivity index (χ4v) is 5.84. The van der Waals surface area contributed by atoms with Crippen molar-refractivity contribution in [3.05, 3.63) is 53.6 Å². The number of carbonyl (C=O) groups excluding carboxylic acids is 1. The average Bonchev–Trinajstić information content (AvgIpc) is 3.26. The SMILES string of the molecule is CCc1ccc2nc(N(CCCN3CCOCC3)C(=O)CCSc3ccc(C)cc3)sc2c1. The Morgan fingerprint density at radius 1 is 1.18 bits per heavy atom. The third-order valence-corrected chi connectivity index (χ3v) is 8.00. The lowest BCUT2D eigenvalue weighted by Gasteiger charge is -2.27. The Balaban J connectivity index is 1.42. The number of rotatable bonds is 10. The molecule has 1 saturated heterocycles. The number of carbonyl (C=O) groups is 1. The number of hydrogen-bond donors (Lipinski definition) is 0. The first-order chi connectivity index (χ1) is 16.1. The highest BCUT2D eigenvalue weighted by molar-refractivity contribution is 7.99. The highest BCUT2D eigenvalue weighted by Gasteiger charge is 2.20. The number of benzene rings is 2. The van der Waals surface area contributed by atoms with Crippen molar-refractivity contribution in [3.63, 3.8) is 0 Å². The minimum absolute atomic E-state index is 0.159. The second-order valence-electron chi connectivity index (χ2n) is 8.42. The Kier molecular flexibility index (Phi) is 8.78. The van der Waals surface area contributed by atoms with Crippen LogP contribution in [0.1, 0.15) is 30.9 Å². The van der Waals surface area contributed by atoms with E-state index < -0.39 is 0 Å². The second-order valence-corrected chi connectivity index (χ2v) is 10.6.